The molecule has 0 fully saturated rings. The predicted octanol–water partition coefficient (Wildman–Crippen LogP) is 5.12. The van der Waals surface area contributed by atoms with Gasteiger partial charge in [0, 0.05) is 24.1 Å². The highest BCUT2D eigenvalue weighted by Gasteiger charge is 2.09. The van der Waals surface area contributed by atoms with Crippen LogP contribution in [0.4, 0.5) is 11.4 Å². The van der Waals surface area contributed by atoms with E-state index in [1.807, 2.05) is 42.5 Å². The topological polar surface area (TPSA) is 63.2 Å². The summed E-state index contributed by atoms with van der Waals surface area (Å²) in [6.07, 6.45) is 2.52. The molecule has 0 bridgehead atoms. The maximum atomic E-state index is 12.5. The number of anilines is 2. The van der Waals surface area contributed by atoms with Crippen LogP contribution in [-0.2, 0) is 6.42 Å². The first-order valence-electron chi connectivity index (χ1n) is 9.79. The Morgan fingerprint density at radius 3 is 2.38 bits per heavy atom. The van der Waals surface area contributed by atoms with Gasteiger partial charge < -0.3 is 15.4 Å². The number of carbonyl (C=O) groups excluding carboxylic acids is 1. The van der Waals surface area contributed by atoms with Crippen molar-refractivity contribution in [3.05, 3.63) is 83.7 Å². The summed E-state index contributed by atoms with van der Waals surface area (Å²) in [5.41, 5.74) is 4.47. The first-order chi connectivity index (χ1) is 14.0. The second-order valence-corrected chi connectivity index (χ2v) is 7.19. The molecule has 5 heteroatoms. The van der Waals surface area contributed by atoms with Crippen LogP contribution in [0.25, 0.3) is 0 Å². The molecule has 0 unspecified atom stereocenters. The van der Waals surface area contributed by atoms with Gasteiger partial charge in [-0.3, -0.25) is 9.78 Å². The minimum absolute atomic E-state index is 0.221. The fraction of sp³-hybridized carbons (Fsp3) is 0.250. The van der Waals surface area contributed by atoms with Crippen LogP contribution in [0.15, 0.2) is 66.9 Å². The summed E-state index contributed by atoms with van der Waals surface area (Å²) in [6, 6.07) is 19.6. The number of nitrogens with one attached hydrogen (secondary N) is 2. The average Bonchev–Trinajstić information content (AvgIpc) is 2.75. The zero-order valence-corrected chi connectivity index (χ0v) is 17.1. The molecule has 0 atom stereocenters. The Morgan fingerprint density at radius 1 is 1.00 bits per heavy atom. The highest BCUT2D eigenvalue weighted by Crippen LogP contribution is 2.18. The van der Waals surface area contributed by atoms with Gasteiger partial charge in [-0.2, -0.15) is 0 Å². The van der Waals surface area contributed by atoms with Gasteiger partial charge in [0.25, 0.3) is 5.91 Å². The molecular formula is C24H27N3O2. The van der Waals surface area contributed by atoms with Crippen LogP contribution in [0.2, 0.25) is 0 Å². The number of hydrogen-bond acceptors (Lipinski definition) is 4. The molecule has 5 nitrogen and oxygen atoms in total. The van der Waals surface area contributed by atoms with Crippen LogP contribution in [0.3, 0.4) is 0 Å². The molecule has 0 aliphatic rings. The van der Waals surface area contributed by atoms with Crippen molar-refractivity contribution >= 4 is 17.3 Å². The number of amides is 1. The predicted molar refractivity (Wildman–Crippen MR) is 118 cm³/mol. The molecule has 0 saturated carbocycles. The minimum atomic E-state index is -0.221. The lowest BCUT2D eigenvalue weighted by molar-refractivity contribution is 0.102. The van der Waals surface area contributed by atoms with E-state index < -0.39 is 0 Å². The van der Waals surface area contributed by atoms with Gasteiger partial charge in [-0.05, 0) is 59.9 Å². The van der Waals surface area contributed by atoms with Crippen molar-refractivity contribution in [1.82, 2.24) is 4.98 Å². The van der Waals surface area contributed by atoms with Gasteiger partial charge in [-0.25, -0.2) is 0 Å². The Hall–Kier alpha value is -3.34. The quantitative estimate of drug-likeness (QED) is 0.561. The van der Waals surface area contributed by atoms with E-state index in [1.165, 1.54) is 11.1 Å². The molecule has 29 heavy (non-hydrogen) atoms. The minimum Gasteiger partial charge on any atom is -0.497 e. The molecule has 150 valence electrons. The molecule has 1 aromatic heterocycles. The molecule has 0 radical (unpaired) electrons. The number of benzene rings is 2. The van der Waals surface area contributed by atoms with E-state index in [0.29, 0.717) is 11.6 Å². The fourth-order valence-corrected chi connectivity index (χ4v) is 2.95. The van der Waals surface area contributed by atoms with E-state index in [2.05, 4.69) is 41.6 Å². The van der Waals surface area contributed by atoms with Gasteiger partial charge in [-0.15, -0.1) is 0 Å². The summed E-state index contributed by atoms with van der Waals surface area (Å²) in [6.45, 7) is 5.05. The van der Waals surface area contributed by atoms with Crippen LogP contribution in [0, 0.1) is 0 Å². The Balaban J connectivity index is 1.55. The van der Waals surface area contributed by atoms with Gasteiger partial charge >= 0.3 is 0 Å². The summed E-state index contributed by atoms with van der Waals surface area (Å²) in [7, 11) is 1.66. The number of rotatable bonds is 8. The Kier molecular flexibility index (Phi) is 6.85. The number of ether oxygens (including phenoxy) is 1. The Morgan fingerprint density at radius 2 is 1.72 bits per heavy atom. The molecule has 2 N–H and O–H groups in total. The van der Waals surface area contributed by atoms with Crippen molar-refractivity contribution in [3.8, 4) is 5.75 Å². The lowest BCUT2D eigenvalue weighted by atomic mass is 10.0. The third-order valence-corrected chi connectivity index (χ3v) is 4.73. The van der Waals surface area contributed by atoms with Crippen LogP contribution in [0.1, 0.15) is 41.4 Å². The van der Waals surface area contributed by atoms with E-state index in [1.54, 1.807) is 19.4 Å². The van der Waals surface area contributed by atoms with Gasteiger partial charge in [0.05, 0.1) is 7.11 Å². The van der Waals surface area contributed by atoms with Gasteiger partial charge in [-0.1, -0.05) is 38.1 Å². The maximum absolute atomic E-state index is 12.5. The second-order valence-electron chi connectivity index (χ2n) is 7.19. The van der Waals surface area contributed by atoms with E-state index in [9.17, 15) is 4.79 Å². The number of nitrogens with zero attached hydrogens (tertiary/aromatic N) is 1. The van der Waals surface area contributed by atoms with Crippen molar-refractivity contribution in [2.75, 3.05) is 24.3 Å². The van der Waals surface area contributed by atoms with Crippen LogP contribution in [-0.4, -0.2) is 24.5 Å². The zero-order valence-electron chi connectivity index (χ0n) is 17.1. The van der Waals surface area contributed by atoms with E-state index in [4.69, 9.17) is 4.74 Å². The average molecular weight is 389 g/mol. The smallest absolute Gasteiger partial charge is 0.274 e. The first-order valence-corrected chi connectivity index (χ1v) is 9.79. The Labute approximate surface area is 172 Å². The molecule has 2 aromatic carbocycles. The van der Waals surface area contributed by atoms with E-state index in [0.717, 1.165) is 30.1 Å². The number of methoxy groups -OCH3 is 1. The summed E-state index contributed by atoms with van der Waals surface area (Å²) in [5, 5.41) is 6.25. The molecule has 3 rings (SSSR count). The van der Waals surface area contributed by atoms with Gasteiger partial charge in [0.2, 0.25) is 0 Å². The lowest BCUT2D eigenvalue weighted by Crippen LogP contribution is -2.14. The zero-order chi connectivity index (χ0) is 20.6. The van der Waals surface area contributed by atoms with Crippen molar-refractivity contribution in [2.45, 2.75) is 26.2 Å². The van der Waals surface area contributed by atoms with Gasteiger partial charge in [0.1, 0.15) is 11.4 Å². The molecule has 0 spiro atoms. The summed E-state index contributed by atoms with van der Waals surface area (Å²) < 4.78 is 5.18. The number of hydrogen-bond donors (Lipinski definition) is 2. The monoisotopic (exact) mass is 389 g/mol. The summed E-state index contributed by atoms with van der Waals surface area (Å²) in [5.74, 6) is 1.09. The number of aromatic nitrogens is 1. The third-order valence-electron chi connectivity index (χ3n) is 4.73. The van der Waals surface area contributed by atoms with Crippen molar-refractivity contribution < 1.29 is 9.53 Å². The maximum Gasteiger partial charge on any atom is 0.274 e. The second kappa shape index (κ2) is 9.73. The van der Waals surface area contributed by atoms with Gasteiger partial charge in [0.15, 0.2) is 0 Å². The summed E-state index contributed by atoms with van der Waals surface area (Å²) in [4.78, 5) is 16.7. The van der Waals surface area contributed by atoms with Crippen molar-refractivity contribution in [2.24, 2.45) is 0 Å². The highest BCUT2D eigenvalue weighted by molar-refractivity contribution is 6.03. The standard InChI is InChI=1S/C24H27N3O2/c1-17(2)19-6-8-20(9-7-19)27-24(28)23-16-21(13-15-26-23)25-14-12-18-4-10-22(29-3)11-5-18/h4-11,13,15-17H,12,14H2,1-3H3,(H,25,26)(H,27,28). The lowest BCUT2D eigenvalue weighted by Gasteiger charge is -2.10. The highest BCUT2D eigenvalue weighted by atomic mass is 16.5. The summed E-state index contributed by atoms with van der Waals surface area (Å²) >= 11 is 0. The Bertz CT molecular complexity index is 935. The number of carbonyl (C=O) groups is 1. The molecule has 0 aliphatic heterocycles. The van der Waals surface area contributed by atoms with E-state index in [-0.39, 0.29) is 5.91 Å². The van der Waals surface area contributed by atoms with Crippen molar-refractivity contribution in [1.29, 1.82) is 0 Å². The van der Waals surface area contributed by atoms with Crippen LogP contribution in [0.5, 0.6) is 5.75 Å². The number of pyridine rings is 1. The molecule has 1 heterocycles. The molecular weight excluding hydrogens is 362 g/mol. The first kappa shape index (κ1) is 20.4. The normalized spacial score (nSPS) is 10.6. The molecule has 0 saturated heterocycles. The van der Waals surface area contributed by atoms with Crippen LogP contribution < -0.4 is 15.4 Å². The third kappa shape index (κ3) is 5.82. The van der Waals surface area contributed by atoms with Crippen LogP contribution >= 0.6 is 0 Å². The van der Waals surface area contributed by atoms with E-state index >= 15 is 0 Å². The molecule has 3 aromatic rings. The molecule has 0 aliphatic carbocycles. The van der Waals surface area contributed by atoms with Crippen molar-refractivity contribution in [3.63, 3.8) is 0 Å². The largest absolute Gasteiger partial charge is 0.497 e. The fourth-order valence-electron chi connectivity index (χ4n) is 2.95. The SMILES string of the molecule is COc1ccc(CCNc2ccnc(C(=O)Nc3ccc(C(C)C)cc3)c2)cc1. The molecule has 1 amide bonds.